The molecule has 2 N–H and O–H groups in total. The third kappa shape index (κ3) is 4.55. The van der Waals surface area contributed by atoms with Crippen LogP contribution in [0.1, 0.15) is 26.5 Å². The monoisotopic (exact) mass is 380 g/mol. The number of carboxylic acids is 1. The van der Waals surface area contributed by atoms with Crippen molar-refractivity contribution in [3.63, 3.8) is 0 Å². The number of nitrogens with zero attached hydrogens (tertiary/aromatic N) is 1. The molecule has 0 fully saturated rings. The molecule has 0 aliphatic carbocycles. The number of carbonyl (C=O) groups is 2. The van der Waals surface area contributed by atoms with Gasteiger partial charge in [-0.2, -0.15) is 5.10 Å². The number of benzene rings is 2. The number of aromatic carboxylic acids is 1. The highest BCUT2D eigenvalue weighted by Gasteiger charge is 2.14. The molecule has 0 spiro atoms. The molecule has 8 heteroatoms. The van der Waals surface area contributed by atoms with E-state index in [-0.39, 0.29) is 17.1 Å². The number of nitrogens with one attached hydrogen (secondary N) is 1. The van der Waals surface area contributed by atoms with Crippen molar-refractivity contribution in [2.45, 2.75) is 0 Å². The summed E-state index contributed by atoms with van der Waals surface area (Å²) < 4.78 is 15.5. The molecule has 2 aromatic carbocycles. The predicted molar refractivity (Wildman–Crippen MR) is 101 cm³/mol. The molecule has 3 rings (SSSR count). The summed E-state index contributed by atoms with van der Waals surface area (Å²) in [7, 11) is 1.46. The number of hydrogen-bond donors (Lipinski definition) is 2. The molecule has 0 atom stereocenters. The Labute approximate surface area is 160 Å². The lowest BCUT2D eigenvalue weighted by Crippen LogP contribution is -2.08. The van der Waals surface area contributed by atoms with Crippen LogP contribution in [0.25, 0.3) is 0 Å². The third-order valence-electron chi connectivity index (χ3n) is 3.65. The second-order valence-corrected chi connectivity index (χ2v) is 5.53. The van der Waals surface area contributed by atoms with E-state index in [2.05, 4.69) is 10.5 Å². The Morgan fingerprint density at radius 3 is 2.54 bits per heavy atom. The van der Waals surface area contributed by atoms with Crippen molar-refractivity contribution in [2.75, 3.05) is 12.5 Å². The zero-order valence-electron chi connectivity index (χ0n) is 14.8. The van der Waals surface area contributed by atoms with Crippen molar-refractivity contribution < 1.29 is 28.6 Å². The Balaban J connectivity index is 1.66. The number of esters is 1. The molecule has 142 valence electrons. The maximum absolute atomic E-state index is 12.0. The zero-order chi connectivity index (χ0) is 19.9. The van der Waals surface area contributed by atoms with Gasteiger partial charge in [0.2, 0.25) is 5.76 Å². The predicted octanol–water partition coefficient (Wildman–Crippen LogP) is 3.65. The van der Waals surface area contributed by atoms with Gasteiger partial charge in [0.05, 0.1) is 30.8 Å². The Bertz CT molecular complexity index is 994. The smallest absolute Gasteiger partial charge is 0.379 e. The Kier molecular flexibility index (Phi) is 5.71. The minimum absolute atomic E-state index is 0.0887. The van der Waals surface area contributed by atoms with Crippen LogP contribution in [0.15, 0.2) is 70.4 Å². The van der Waals surface area contributed by atoms with Crippen LogP contribution < -0.4 is 14.9 Å². The lowest BCUT2D eigenvalue weighted by Gasteiger charge is -2.09. The maximum Gasteiger partial charge on any atom is 0.379 e. The summed E-state index contributed by atoms with van der Waals surface area (Å²) in [4.78, 5) is 22.8. The molecule has 0 saturated heterocycles. The van der Waals surface area contributed by atoms with Crippen LogP contribution in [0.3, 0.4) is 0 Å². The number of hydrogen-bond acceptors (Lipinski definition) is 7. The average molecular weight is 380 g/mol. The van der Waals surface area contributed by atoms with Crippen LogP contribution in [0, 0.1) is 0 Å². The van der Waals surface area contributed by atoms with Crippen molar-refractivity contribution in [3.8, 4) is 11.5 Å². The minimum Gasteiger partial charge on any atom is -0.493 e. The topological polar surface area (TPSA) is 110 Å². The zero-order valence-corrected chi connectivity index (χ0v) is 14.8. The SMILES string of the molecule is COc1cc(/C=N/Nc2ccc(C(=O)O)cc2)ccc1OC(=O)c1ccco1. The number of methoxy groups -OCH3 is 1. The molecule has 0 aliphatic heterocycles. The first-order chi connectivity index (χ1) is 13.6. The van der Waals surface area contributed by atoms with Crippen LogP contribution in [0.2, 0.25) is 0 Å². The maximum atomic E-state index is 12.0. The van der Waals surface area contributed by atoms with E-state index in [1.807, 2.05) is 0 Å². The van der Waals surface area contributed by atoms with E-state index in [9.17, 15) is 9.59 Å². The van der Waals surface area contributed by atoms with Crippen molar-refractivity contribution in [1.82, 2.24) is 0 Å². The summed E-state index contributed by atoms with van der Waals surface area (Å²) in [6, 6.07) is 14.2. The van der Waals surface area contributed by atoms with Crippen LogP contribution in [-0.2, 0) is 0 Å². The normalized spacial score (nSPS) is 10.6. The highest BCUT2D eigenvalue weighted by Crippen LogP contribution is 2.28. The van der Waals surface area contributed by atoms with E-state index in [0.29, 0.717) is 17.0 Å². The molecular weight excluding hydrogens is 364 g/mol. The number of rotatable bonds is 7. The van der Waals surface area contributed by atoms with E-state index in [0.717, 1.165) is 0 Å². The molecule has 0 saturated carbocycles. The fourth-order valence-electron chi connectivity index (χ4n) is 2.26. The second kappa shape index (κ2) is 8.54. The van der Waals surface area contributed by atoms with Gasteiger partial charge < -0.3 is 19.0 Å². The van der Waals surface area contributed by atoms with Gasteiger partial charge in [0, 0.05) is 0 Å². The van der Waals surface area contributed by atoms with Gasteiger partial charge in [-0.1, -0.05) is 0 Å². The first kappa shape index (κ1) is 18.7. The van der Waals surface area contributed by atoms with Crippen molar-refractivity contribution in [2.24, 2.45) is 5.10 Å². The molecule has 0 amide bonds. The van der Waals surface area contributed by atoms with Crippen LogP contribution in [0.5, 0.6) is 11.5 Å². The number of carboxylic acid groups (broad SMARTS) is 1. The van der Waals surface area contributed by atoms with Gasteiger partial charge in [-0.25, -0.2) is 9.59 Å². The van der Waals surface area contributed by atoms with Gasteiger partial charge in [0.1, 0.15) is 0 Å². The van der Waals surface area contributed by atoms with E-state index in [4.69, 9.17) is 19.0 Å². The summed E-state index contributed by atoms with van der Waals surface area (Å²) in [5.41, 5.74) is 4.33. The lowest BCUT2D eigenvalue weighted by molar-refractivity contribution is 0.0687. The summed E-state index contributed by atoms with van der Waals surface area (Å²) in [5, 5.41) is 13.0. The van der Waals surface area contributed by atoms with E-state index >= 15 is 0 Å². The molecule has 3 aromatic rings. The van der Waals surface area contributed by atoms with E-state index in [1.54, 1.807) is 42.6 Å². The van der Waals surface area contributed by atoms with Gasteiger partial charge in [0.15, 0.2) is 11.5 Å². The number of anilines is 1. The standard InChI is InChI=1S/C20H16N2O6/c1-26-18-11-13(4-9-16(18)28-20(25)17-3-2-10-27-17)12-21-22-15-7-5-14(6-8-15)19(23)24/h2-12,22H,1H3,(H,23,24)/b21-12+. The molecule has 8 nitrogen and oxygen atoms in total. The lowest BCUT2D eigenvalue weighted by atomic mass is 10.2. The first-order valence-corrected chi connectivity index (χ1v) is 8.13. The minimum atomic E-state index is -0.991. The van der Waals surface area contributed by atoms with E-state index in [1.165, 1.54) is 31.6 Å². The highest BCUT2D eigenvalue weighted by atomic mass is 16.6. The molecular formula is C20H16N2O6. The third-order valence-corrected chi connectivity index (χ3v) is 3.65. The fraction of sp³-hybridized carbons (Fsp3) is 0.0500. The molecule has 1 heterocycles. The average Bonchev–Trinajstić information content (AvgIpc) is 3.24. The first-order valence-electron chi connectivity index (χ1n) is 8.13. The van der Waals surface area contributed by atoms with Crippen LogP contribution in [-0.4, -0.2) is 30.4 Å². The van der Waals surface area contributed by atoms with Gasteiger partial charge in [-0.15, -0.1) is 0 Å². The summed E-state index contributed by atoms with van der Waals surface area (Å²) >= 11 is 0. The molecule has 1 aromatic heterocycles. The van der Waals surface area contributed by atoms with Gasteiger partial charge in [-0.3, -0.25) is 5.43 Å². The number of carbonyl (C=O) groups excluding carboxylic acids is 1. The van der Waals surface area contributed by atoms with Crippen LogP contribution >= 0.6 is 0 Å². The summed E-state index contributed by atoms with van der Waals surface area (Å²) in [5.74, 6) is -0.926. The van der Waals surface area contributed by atoms with Gasteiger partial charge in [0.25, 0.3) is 0 Å². The summed E-state index contributed by atoms with van der Waals surface area (Å²) in [6.45, 7) is 0. The number of furan rings is 1. The van der Waals surface area contributed by atoms with Gasteiger partial charge >= 0.3 is 11.9 Å². The quantitative estimate of drug-likeness (QED) is 0.279. The molecule has 0 aliphatic rings. The van der Waals surface area contributed by atoms with Crippen LogP contribution in [0.4, 0.5) is 5.69 Å². The van der Waals surface area contributed by atoms with Crippen molar-refractivity contribution in [1.29, 1.82) is 0 Å². The number of hydrazone groups is 1. The highest BCUT2D eigenvalue weighted by molar-refractivity contribution is 5.89. The summed E-state index contributed by atoms with van der Waals surface area (Å²) in [6.07, 6.45) is 2.93. The molecule has 0 radical (unpaired) electrons. The Hall–Kier alpha value is -4.07. The molecule has 28 heavy (non-hydrogen) atoms. The Morgan fingerprint density at radius 2 is 1.89 bits per heavy atom. The molecule has 0 bridgehead atoms. The van der Waals surface area contributed by atoms with Gasteiger partial charge in [-0.05, 0) is 60.2 Å². The second-order valence-electron chi connectivity index (χ2n) is 5.53. The van der Waals surface area contributed by atoms with Crippen molar-refractivity contribution in [3.05, 3.63) is 77.7 Å². The van der Waals surface area contributed by atoms with Crippen molar-refractivity contribution >= 4 is 23.8 Å². The largest absolute Gasteiger partial charge is 0.493 e. The molecule has 0 unspecified atom stereocenters. The fourth-order valence-corrected chi connectivity index (χ4v) is 2.26. The van der Waals surface area contributed by atoms with E-state index < -0.39 is 11.9 Å². The Morgan fingerprint density at radius 1 is 1.11 bits per heavy atom. The number of ether oxygens (including phenoxy) is 2.